The zero-order valence-electron chi connectivity index (χ0n) is 12.7. The summed E-state index contributed by atoms with van der Waals surface area (Å²) in [6.45, 7) is 3.58. The van der Waals surface area contributed by atoms with Crippen LogP contribution in [0.15, 0.2) is 36.4 Å². The number of aryl methyl sites for hydroxylation is 2. The second-order valence-corrected chi connectivity index (χ2v) is 6.07. The van der Waals surface area contributed by atoms with Crippen LogP contribution in [0.25, 0.3) is 0 Å². The van der Waals surface area contributed by atoms with Gasteiger partial charge in [0.05, 0.1) is 11.4 Å². The van der Waals surface area contributed by atoms with E-state index in [2.05, 4.69) is 19.5 Å². The average molecular weight is 338 g/mol. The standard InChI is InChI=1S/C14H18N4O4S/c1-9-7-11(3-5-13(9)15)17-21-23(19,20)22-18-12-4-6-14(16)10(2)8-12/h3-8,17-18H,15-16H2,1-2H3. The van der Waals surface area contributed by atoms with Crippen molar-refractivity contribution in [2.24, 2.45) is 0 Å². The van der Waals surface area contributed by atoms with E-state index in [0.717, 1.165) is 11.1 Å². The molecule has 0 heterocycles. The molecule has 23 heavy (non-hydrogen) atoms. The molecule has 0 unspecified atom stereocenters. The summed E-state index contributed by atoms with van der Waals surface area (Å²) in [5, 5.41) is 0. The molecule has 0 bridgehead atoms. The fraction of sp³-hybridized carbons (Fsp3) is 0.143. The molecule has 0 saturated carbocycles. The topological polar surface area (TPSA) is 129 Å². The Kier molecular flexibility index (Phi) is 4.94. The molecule has 2 rings (SSSR count). The number of nitrogen functional groups attached to an aromatic ring is 2. The molecule has 124 valence electrons. The predicted molar refractivity (Wildman–Crippen MR) is 89.5 cm³/mol. The number of hydrogen-bond acceptors (Lipinski definition) is 8. The maximum atomic E-state index is 11.7. The van der Waals surface area contributed by atoms with Crippen molar-refractivity contribution in [3.63, 3.8) is 0 Å². The molecular formula is C14H18N4O4S. The van der Waals surface area contributed by atoms with E-state index in [4.69, 9.17) is 11.5 Å². The number of nitrogens with two attached hydrogens (primary N) is 2. The van der Waals surface area contributed by atoms with Gasteiger partial charge in [-0.15, -0.1) is 8.57 Å². The van der Waals surface area contributed by atoms with Crippen molar-refractivity contribution in [2.45, 2.75) is 13.8 Å². The molecule has 2 aromatic carbocycles. The summed E-state index contributed by atoms with van der Waals surface area (Å²) in [5.41, 5.74) is 19.5. The van der Waals surface area contributed by atoms with Crippen LogP contribution in [0.1, 0.15) is 11.1 Å². The number of nitrogens with one attached hydrogen (secondary N) is 2. The lowest BCUT2D eigenvalue weighted by Crippen LogP contribution is -2.18. The van der Waals surface area contributed by atoms with Crippen molar-refractivity contribution in [2.75, 3.05) is 22.4 Å². The lowest BCUT2D eigenvalue weighted by molar-refractivity contribution is 0.280. The highest BCUT2D eigenvalue weighted by molar-refractivity contribution is 7.81. The van der Waals surface area contributed by atoms with Gasteiger partial charge in [0, 0.05) is 11.4 Å². The van der Waals surface area contributed by atoms with Crippen LogP contribution >= 0.6 is 0 Å². The maximum absolute atomic E-state index is 11.7. The number of anilines is 4. The first kappa shape index (κ1) is 16.9. The fourth-order valence-electron chi connectivity index (χ4n) is 1.69. The minimum absolute atomic E-state index is 0.423. The van der Waals surface area contributed by atoms with E-state index in [9.17, 15) is 8.42 Å². The molecule has 0 saturated heterocycles. The highest BCUT2D eigenvalue weighted by atomic mass is 32.3. The van der Waals surface area contributed by atoms with E-state index in [1.165, 1.54) is 0 Å². The van der Waals surface area contributed by atoms with Crippen LogP contribution in [-0.4, -0.2) is 8.42 Å². The van der Waals surface area contributed by atoms with E-state index >= 15 is 0 Å². The highest BCUT2D eigenvalue weighted by Gasteiger charge is 2.14. The van der Waals surface area contributed by atoms with Crippen LogP contribution in [0.4, 0.5) is 22.7 Å². The van der Waals surface area contributed by atoms with Crippen molar-refractivity contribution in [1.29, 1.82) is 0 Å². The lowest BCUT2D eigenvalue weighted by atomic mass is 10.2. The quantitative estimate of drug-likeness (QED) is 0.465. The van der Waals surface area contributed by atoms with Gasteiger partial charge < -0.3 is 11.5 Å². The van der Waals surface area contributed by atoms with Crippen molar-refractivity contribution >= 4 is 33.1 Å². The molecule has 0 atom stereocenters. The molecule has 6 N–H and O–H groups in total. The SMILES string of the molecule is Cc1cc(NOS(=O)(=O)ONc2ccc(N)c(C)c2)ccc1N. The molecule has 0 aliphatic rings. The van der Waals surface area contributed by atoms with E-state index in [1.807, 2.05) is 0 Å². The lowest BCUT2D eigenvalue weighted by Gasteiger charge is -2.10. The van der Waals surface area contributed by atoms with Crippen molar-refractivity contribution < 1.29 is 17.0 Å². The molecule has 0 radical (unpaired) electrons. The Balaban J connectivity index is 1.93. The van der Waals surface area contributed by atoms with Crippen molar-refractivity contribution in [3.05, 3.63) is 47.5 Å². The first-order valence-electron chi connectivity index (χ1n) is 6.63. The molecule has 0 aromatic heterocycles. The second kappa shape index (κ2) is 6.73. The first-order valence-corrected chi connectivity index (χ1v) is 7.96. The van der Waals surface area contributed by atoms with Gasteiger partial charge in [0.1, 0.15) is 0 Å². The Morgan fingerprint density at radius 2 is 1.22 bits per heavy atom. The molecule has 8 nitrogen and oxygen atoms in total. The summed E-state index contributed by atoms with van der Waals surface area (Å²) < 4.78 is 32.4. The van der Waals surface area contributed by atoms with Crippen molar-refractivity contribution in [3.8, 4) is 0 Å². The number of rotatable bonds is 6. The molecule has 0 aliphatic heterocycles. The van der Waals surface area contributed by atoms with Crippen LogP contribution in [-0.2, 0) is 19.0 Å². The van der Waals surface area contributed by atoms with Gasteiger partial charge in [0.15, 0.2) is 0 Å². The molecular weight excluding hydrogens is 320 g/mol. The van der Waals surface area contributed by atoms with Gasteiger partial charge >= 0.3 is 10.4 Å². The summed E-state index contributed by atoms with van der Waals surface area (Å²) >= 11 is 0. The summed E-state index contributed by atoms with van der Waals surface area (Å²) in [6, 6.07) is 9.69. The maximum Gasteiger partial charge on any atom is 0.441 e. The Bertz CT molecular complexity index is 747. The minimum atomic E-state index is -4.31. The van der Waals surface area contributed by atoms with Gasteiger partial charge in [-0.3, -0.25) is 0 Å². The smallest absolute Gasteiger partial charge is 0.399 e. The Morgan fingerprint density at radius 1 is 0.826 bits per heavy atom. The molecule has 0 amide bonds. The molecule has 0 spiro atoms. The molecule has 0 fully saturated rings. The largest absolute Gasteiger partial charge is 0.441 e. The van der Waals surface area contributed by atoms with E-state index in [0.29, 0.717) is 22.7 Å². The normalized spacial score (nSPS) is 11.2. The van der Waals surface area contributed by atoms with Gasteiger partial charge in [0.25, 0.3) is 0 Å². The van der Waals surface area contributed by atoms with Gasteiger partial charge in [-0.2, -0.15) is 8.42 Å². The van der Waals surface area contributed by atoms with E-state index < -0.39 is 10.4 Å². The Morgan fingerprint density at radius 3 is 1.57 bits per heavy atom. The van der Waals surface area contributed by atoms with E-state index in [-0.39, 0.29) is 0 Å². The van der Waals surface area contributed by atoms with Gasteiger partial charge in [0.2, 0.25) is 0 Å². The van der Waals surface area contributed by atoms with Gasteiger partial charge in [-0.25, -0.2) is 11.0 Å². The molecule has 2 aromatic rings. The summed E-state index contributed by atoms with van der Waals surface area (Å²) in [7, 11) is -4.31. The zero-order valence-corrected chi connectivity index (χ0v) is 13.5. The van der Waals surface area contributed by atoms with Gasteiger partial charge in [-0.1, -0.05) is 0 Å². The first-order chi connectivity index (χ1) is 10.8. The number of hydrogen-bond donors (Lipinski definition) is 4. The second-order valence-electron chi connectivity index (χ2n) is 4.92. The van der Waals surface area contributed by atoms with Crippen LogP contribution in [0.5, 0.6) is 0 Å². The molecule has 0 aliphatic carbocycles. The minimum Gasteiger partial charge on any atom is -0.399 e. The summed E-state index contributed by atoms with van der Waals surface area (Å²) in [6.07, 6.45) is 0. The van der Waals surface area contributed by atoms with E-state index in [1.54, 1.807) is 50.2 Å². The third kappa shape index (κ3) is 4.74. The van der Waals surface area contributed by atoms with Crippen molar-refractivity contribution in [1.82, 2.24) is 0 Å². The van der Waals surface area contributed by atoms with Crippen LogP contribution in [0.2, 0.25) is 0 Å². The third-order valence-corrected chi connectivity index (χ3v) is 3.64. The highest BCUT2D eigenvalue weighted by Crippen LogP contribution is 2.18. The van der Waals surface area contributed by atoms with Crippen LogP contribution in [0, 0.1) is 13.8 Å². The van der Waals surface area contributed by atoms with Crippen LogP contribution in [0.3, 0.4) is 0 Å². The monoisotopic (exact) mass is 338 g/mol. The molecule has 9 heteroatoms. The number of benzene rings is 2. The Hall–Kier alpha value is -2.49. The Labute approximate surface area is 134 Å². The zero-order chi connectivity index (χ0) is 17.0. The summed E-state index contributed by atoms with van der Waals surface area (Å²) in [4.78, 5) is 0. The van der Waals surface area contributed by atoms with Gasteiger partial charge in [-0.05, 0) is 61.4 Å². The average Bonchev–Trinajstić information content (AvgIpc) is 2.50. The fourth-order valence-corrected chi connectivity index (χ4v) is 2.12. The van der Waals surface area contributed by atoms with Crippen LogP contribution < -0.4 is 22.4 Å². The third-order valence-electron chi connectivity index (χ3n) is 3.06. The predicted octanol–water partition coefficient (Wildman–Crippen LogP) is 2.10. The summed E-state index contributed by atoms with van der Waals surface area (Å²) in [5.74, 6) is 0.